The zero-order chi connectivity index (χ0) is 10.7. The summed E-state index contributed by atoms with van der Waals surface area (Å²) in [7, 11) is 0. The second-order valence-corrected chi connectivity index (χ2v) is 3.50. The summed E-state index contributed by atoms with van der Waals surface area (Å²) in [5, 5.41) is 0. The predicted octanol–water partition coefficient (Wildman–Crippen LogP) is 0.169. The highest BCUT2D eigenvalue weighted by molar-refractivity contribution is 5.37. The molecule has 2 rings (SSSR count). The van der Waals surface area contributed by atoms with Crippen molar-refractivity contribution in [2.75, 3.05) is 31.2 Å². The van der Waals surface area contributed by atoms with Crippen LogP contribution >= 0.6 is 0 Å². The molecule has 1 aliphatic heterocycles. The Hall–Kier alpha value is -1.36. The van der Waals surface area contributed by atoms with Gasteiger partial charge in [0.15, 0.2) is 0 Å². The standard InChI is InChI=1S/C10H15N3O2/c1-2-8-11-9(7-10(14)12-8)13-3-5-15-6-4-13/h7H,2-6H2,1H3,(H,11,12,14). The quantitative estimate of drug-likeness (QED) is 0.754. The SMILES string of the molecule is CCc1nc(N2CCOCC2)cc(=O)[nH]1. The first-order valence-corrected chi connectivity index (χ1v) is 5.22. The Morgan fingerprint density at radius 2 is 2.27 bits per heavy atom. The minimum absolute atomic E-state index is 0.0802. The van der Waals surface area contributed by atoms with Gasteiger partial charge in [-0.3, -0.25) is 4.79 Å². The molecule has 1 aromatic rings. The molecule has 0 bridgehead atoms. The normalized spacial score (nSPS) is 16.7. The molecule has 0 saturated carbocycles. The van der Waals surface area contributed by atoms with Gasteiger partial charge in [-0.05, 0) is 0 Å². The number of rotatable bonds is 2. The Morgan fingerprint density at radius 1 is 1.53 bits per heavy atom. The molecule has 5 heteroatoms. The van der Waals surface area contributed by atoms with Crippen molar-refractivity contribution in [2.45, 2.75) is 13.3 Å². The van der Waals surface area contributed by atoms with E-state index in [1.807, 2.05) is 6.92 Å². The minimum atomic E-state index is -0.0802. The van der Waals surface area contributed by atoms with Crippen LogP contribution in [0.15, 0.2) is 10.9 Å². The van der Waals surface area contributed by atoms with Gasteiger partial charge in [-0.1, -0.05) is 6.92 Å². The lowest BCUT2D eigenvalue weighted by atomic mass is 10.4. The number of ether oxygens (including phenoxy) is 1. The molecule has 1 aromatic heterocycles. The van der Waals surface area contributed by atoms with Crippen LogP contribution in [0.5, 0.6) is 0 Å². The number of aryl methyl sites for hydroxylation is 1. The molecule has 15 heavy (non-hydrogen) atoms. The van der Waals surface area contributed by atoms with Crippen LogP contribution in [0.25, 0.3) is 0 Å². The Bertz CT molecular complexity index is 382. The maximum Gasteiger partial charge on any atom is 0.252 e. The van der Waals surface area contributed by atoms with Crippen LogP contribution in [0.4, 0.5) is 5.82 Å². The maximum atomic E-state index is 11.4. The Labute approximate surface area is 88.1 Å². The average Bonchev–Trinajstić information content (AvgIpc) is 2.29. The molecule has 0 spiro atoms. The van der Waals surface area contributed by atoms with E-state index in [0.29, 0.717) is 13.2 Å². The van der Waals surface area contributed by atoms with Crippen LogP contribution in [-0.2, 0) is 11.2 Å². The number of anilines is 1. The average molecular weight is 209 g/mol. The van der Waals surface area contributed by atoms with Gasteiger partial charge in [0.25, 0.3) is 5.56 Å². The van der Waals surface area contributed by atoms with Crippen LogP contribution in [0.3, 0.4) is 0 Å². The van der Waals surface area contributed by atoms with Crippen LogP contribution < -0.4 is 10.5 Å². The van der Waals surface area contributed by atoms with E-state index >= 15 is 0 Å². The van der Waals surface area contributed by atoms with Crippen molar-refractivity contribution in [3.63, 3.8) is 0 Å². The lowest BCUT2D eigenvalue weighted by molar-refractivity contribution is 0.122. The molecule has 82 valence electrons. The zero-order valence-electron chi connectivity index (χ0n) is 8.82. The molecule has 0 aromatic carbocycles. The molecule has 1 fully saturated rings. The van der Waals surface area contributed by atoms with Crippen molar-refractivity contribution in [3.8, 4) is 0 Å². The molecule has 0 unspecified atom stereocenters. The highest BCUT2D eigenvalue weighted by Crippen LogP contribution is 2.09. The van der Waals surface area contributed by atoms with Crippen LogP contribution in [0.1, 0.15) is 12.7 Å². The van der Waals surface area contributed by atoms with Gasteiger partial charge in [-0.2, -0.15) is 0 Å². The van der Waals surface area contributed by atoms with E-state index in [1.165, 1.54) is 0 Å². The number of H-pyrrole nitrogens is 1. The molecule has 0 amide bonds. The minimum Gasteiger partial charge on any atom is -0.378 e. The van der Waals surface area contributed by atoms with Crippen LogP contribution in [-0.4, -0.2) is 36.3 Å². The van der Waals surface area contributed by atoms with E-state index in [1.54, 1.807) is 6.07 Å². The predicted molar refractivity (Wildman–Crippen MR) is 57.3 cm³/mol. The Morgan fingerprint density at radius 3 is 2.93 bits per heavy atom. The second kappa shape index (κ2) is 4.44. The zero-order valence-corrected chi connectivity index (χ0v) is 8.82. The van der Waals surface area contributed by atoms with Gasteiger partial charge in [0.1, 0.15) is 11.6 Å². The van der Waals surface area contributed by atoms with Crippen molar-refractivity contribution < 1.29 is 4.74 Å². The number of hydrogen-bond acceptors (Lipinski definition) is 4. The lowest BCUT2D eigenvalue weighted by Crippen LogP contribution is -2.37. The van der Waals surface area contributed by atoms with Crippen molar-refractivity contribution >= 4 is 5.82 Å². The largest absolute Gasteiger partial charge is 0.378 e. The summed E-state index contributed by atoms with van der Waals surface area (Å²) in [5.74, 6) is 1.50. The first-order chi connectivity index (χ1) is 7.29. The fourth-order valence-electron chi connectivity index (χ4n) is 1.62. The van der Waals surface area contributed by atoms with Crippen molar-refractivity contribution in [2.24, 2.45) is 0 Å². The molecule has 2 heterocycles. The van der Waals surface area contributed by atoms with Gasteiger partial charge in [-0.25, -0.2) is 4.98 Å². The molecule has 5 nitrogen and oxygen atoms in total. The number of hydrogen-bond donors (Lipinski definition) is 1. The number of nitrogens with one attached hydrogen (secondary N) is 1. The summed E-state index contributed by atoms with van der Waals surface area (Å²) in [6.07, 6.45) is 0.743. The molecule has 1 aliphatic rings. The summed E-state index contributed by atoms with van der Waals surface area (Å²) < 4.78 is 5.25. The third kappa shape index (κ3) is 2.36. The fraction of sp³-hybridized carbons (Fsp3) is 0.600. The third-order valence-electron chi connectivity index (χ3n) is 2.45. The first-order valence-electron chi connectivity index (χ1n) is 5.22. The van der Waals surface area contributed by atoms with E-state index in [9.17, 15) is 4.79 Å². The summed E-state index contributed by atoms with van der Waals surface area (Å²) in [4.78, 5) is 20.5. The van der Waals surface area contributed by atoms with Gasteiger partial charge in [0.05, 0.1) is 13.2 Å². The van der Waals surface area contributed by atoms with E-state index < -0.39 is 0 Å². The monoisotopic (exact) mass is 209 g/mol. The molecule has 1 saturated heterocycles. The van der Waals surface area contributed by atoms with Gasteiger partial charge in [-0.15, -0.1) is 0 Å². The summed E-state index contributed by atoms with van der Waals surface area (Å²) >= 11 is 0. The van der Waals surface area contributed by atoms with E-state index in [-0.39, 0.29) is 5.56 Å². The van der Waals surface area contributed by atoms with Crippen LogP contribution in [0, 0.1) is 0 Å². The van der Waals surface area contributed by atoms with Crippen molar-refractivity contribution in [3.05, 3.63) is 22.2 Å². The molecule has 0 aliphatic carbocycles. The van der Waals surface area contributed by atoms with E-state index in [0.717, 1.165) is 31.2 Å². The van der Waals surface area contributed by atoms with Gasteiger partial charge >= 0.3 is 0 Å². The smallest absolute Gasteiger partial charge is 0.252 e. The highest BCUT2D eigenvalue weighted by atomic mass is 16.5. The second-order valence-electron chi connectivity index (χ2n) is 3.50. The topological polar surface area (TPSA) is 58.2 Å². The molecular formula is C10H15N3O2. The van der Waals surface area contributed by atoms with Crippen molar-refractivity contribution in [1.29, 1.82) is 0 Å². The molecule has 1 N–H and O–H groups in total. The number of aromatic amines is 1. The number of nitrogens with zero attached hydrogens (tertiary/aromatic N) is 2. The van der Waals surface area contributed by atoms with E-state index in [2.05, 4.69) is 14.9 Å². The summed E-state index contributed by atoms with van der Waals surface area (Å²) in [6.45, 7) is 4.99. The summed E-state index contributed by atoms with van der Waals surface area (Å²) in [5.41, 5.74) is -0.0802. The Balaban J connectivity index is 2.26. The first kappa shape index (κ1) is 10.2. The highest BCUT2D eigenvalue weighted by Gasteiger charge is 2.13. The van der Waals surface area contributed by atoms with Gasteiger partial charge in [0.2, 0.25) is 0 Å². The number of aromatic nitrogens is 2. The lowest BCUT2D eigenvalue weighted by Gasteiger charge is -2.27. The Kier molecular flexibility index (Phi) is 3.01. The number of morpholine rings is 1. The van der Waals surface area contributed by atoms with E-state index in [4.69, 9.17) is 4.74 Å². The van der Waals surface area contributed by atoms with Gasteiger partial charge in [0, 0.05) is 25.6 Å². The van der Waals surface area contributed by atoms with Gasteiger partial charge < -0.3 is 14.6 Å². The summed E-state index contributed by atoms with van der Waals surface area (Å²) in [6, 6.07) is 1.55. The molecule has 0 atom stereocenters. The maximum absolute atomic E-state index is 11.4. The fourth-order valence-corrected chi connectivity index (χ4v) is 1.62. The van der Waals surface area contributed by atoms with Crippen molar-refractivity contribution in [1.82, 2.24) is 9.97 Å². The molecule has 0 radical (unpaired) electrons. The van der Waals surface area contributed by atoms with Crippen LogP contribution in [0.2, 0.25) is 0 Å². The molecular weight excluding hydrogens is 194 g/mol. The third-order valence-corrected chi connectivity index (χ3v) is 2.45.